The molecule has 40 heavy (non-hydrogen) atoms. The quantitative estimate of drug-likeness (QED) is 0.294. The molecule has 0 fully saturated rings. The van der Waals surface area contributed by atoms with E-state index in [0.29, 0.717) is 11.3 Å². The molecule has 0 aromatic heterocycles. The Kier molecular flexibility index (Phi) is 9.35. The minimum Gasteiger partial charge on any atom is -0.357 e. The molecule has 0 saturated heterocycles. The van der Waals surface area contributed by atoms with E-state index in [1.165, 1.54) is 24.1 Å². The number of amides is 2. The van der Waals surface area contributed by atoms with Gasteiger partial charge >= 0.3 is 0 Å². The highest BCUT2D eigenvalue weighted by Gasteiger charge is 2.34. The summed E-state index contributed by atoms with van der Waals surface area (Å²) in [7, 11) is -2.57. The fourth-order valence-corrected chi connectivity index (χ4v) is 6.08. The summed E-state index contributed by atoms with van der Waals surface area (Å²) in [4.78, 5) is 29.0. The van der Waals surface area contributed by atoms with Crippen molar-refractivity contribution in [3.8, 4) is 0 Å². The van der Waals surface area contributed by atoms with Crippen molar-refractivity contribution in [2.45, 2.75) is 30.8 Å². The third-order valence-corrected chi connectivity index (χ3v) is 8.48. The van der Waals surface area contributed by atoms with Crippen LogP contribution in [-0.2, 0) is 32.6 Å². The van der Waals surface area contributed by atoms with Gasteiger partial charge in [-0.1, -0.05) is 97.1 Å². The maximum atomic E-state index is 14.2. The fraction of sp³-hybridized carbons (Fsp3) is 0.188. The van der Waals surface area contributed by atoms with Gasteiger partial charge in [-0.3, -0.25) is 13.9 Å². The van der Waals surface area contributed by atoms with Crippen molar-refractivity contribution in [3.63, 3.8) is 0 Å². The van der Waals surface area contributed by atoms with Crippen molar-refractivity contribution >= 4 is 27.5 Å². The van der Waals surface area contributed by atoms with Crippen LogP contribution in [0.4, 0.5) is 5.69 Å². The molecule has 8 heteroatoms. The highest BCUT2D eigenvalue weighted by atomic mass is 32.2. The number of aryl methyl sites for hydroxylation is 1. The summed E-state index contributed by atoms with van der Waals surface area (Å²) in [6, 6.07) is 33.1. The zero-order chi connectivity index (χ0) is 28.5. The molecule has 1 atom stereocenters. The zero-order valence-corrected chi connectivity index (χ0v) is 23.4. The Labute approximate surface area is 236 Å². The van der Waals surface area contributed by atoms with Gasteiger partial charge in [-0.15, -0.1) is 0 Å². The molecule has 4 aromatic carbocycles. The Morgan fingerprint density at radius 2 is 1.27 bits per heavy atom. The number of hydrogen-bond donors (Lipinski definition) is 1. The average Bonchev–Trinajstić information content (AvgIpc) is 2.99. The van der Waals surface area contributed by atoms with Gasteiger partial charge in [-0.25, -0.2) is 8.42 Å². The van der Waals surface area contributed by atoms with Crippen LogP contribution in [0, 0.1) is 6.92 Å². The lowest BCUT2D eigenvalue weighted by atomic mass is 10.0. The van der Waals surface area contributed by atoms with Crippen LogP contribution in [0.5, 0.6) is 0 Å². The topological polar surface area (TPSA) is 86.8 Å². The Balaban J connectivity index is 1.78. The Hall–Kier alpha value is -4.43. The predicted molar refractivity (Wildman–Crippen MR) is 157 cm³/mol. The van der Waals surface area contributed by atoms with Gasteiger partial charge in [-0.05, 0) is 41.8 Å². The first-order chi connectivity index (χ1) is 19.3. The number of benzene rings is 4. The first-order valence-corrected chi connectivity index (χ1v) is 14.5. The lowest BCUT2D eigenvalue weighted by molar-refractivity contribution is -0.139. The third-order valence-electron chi connectivity index (χ3n) is 6.71. The first-order valence-electron chi connectivity index (χ1n) is 13.0. The predicted octanol–water partition coefficient (Wildman–Crippen LogP) is 4.58. The van der Waals surface area contributed by atoms with E-state index >= 15 is 0 Å². The van der Waals surface area contributed by atoms with Crippen molar-refractivity contribution in [2.24, 2.45) is 0 Å². The molecule has 0 aliphatic heterocycles. The summed E-state index contributed by atoms with van der Waals surface area (Å²) in [5.41, 5.74) is 2.82. The number of para-hydroxylation sites is 1. The summed E-state index contributed by atoms with van der Waals surface area (Å²) in [5, 5.41) is 2.69. The highest BCUT2D eigenvalue weighted by Crippen LogP contribution is 2.27. The van der Waals surface area contributed by atoms with E-state index in [2.05, 4.69) is 5.32 Å². The summed E-state index contributed by atoms with van der Waals surface area (Å²) in [6.07, 6.45) is 0.273. The van der Waals surface area contributed by atoms with E-state index in [-0.39, 0.29) is 23.8 Å². The van der Waals surface area contributed by atoms with E-state index in [0.717, 1.165) is 15.4 Å². The van der Waals surface area contributed by atoms with Crippen LogP contribution in [-0.4, -0.2) is 44.8 Å². The molecule has 0 aliphatic carbocycles. The number of hydrogen-bond acceptors (Lipinski definition) is 4. The largest absolute Gasteiger partial charge is 0.357 e. The van der Waals surface area contributed by atoms with E-state index in [9.17, 15) is 18.0 Å². The van der Waals surface area contributed by atoms with E-state index < -0.39 is 28.5 Å². The second-order valence-corrected chi connectivity index (χ2v) is 11.3. The molecule has 4 aromatic rings. The van der Waals surface area contributed by atoms with Crippen molar-refractivity contribution in [1.82, 2.24) is 10.2 Å². The lowest BCUT2D eigenvalue weighted by Gasteiger charge is -2.34. The molecular weight excluding hydrogens is 522 g/mol. The fourth-order valence-electron chi connectivity index (χ4n) is 4.58. The second-order valence-electron chi connectivity index (χ2n) is 9.44. The van der Waals surface area contributed by atoms with Crippen LogP contribution in [0.1, 0.15) is 16.7 Å². The molecule has 206 valence electrons. The van der Waals surface area contributed by atoms with Gasteiger partial charge in [0.1, 0.15) is 12.6 Å². The lowest BCUT2D eigenvalue weighted by Crippen LogP contribution is -2.53. The maximum Gasteiger partial charge on any atom is 0.264 e. The molecule has 0 radical (unpaired) electrons. The molecule has 0 unspecified atom stereocenters. The molecule has 4 rings (SSSR count). The normalized spacial score (nSPS) is 11.8. The maximum absolute atomic E-state index is 14.2. The molecule has 0 saturated carbocycles. The summed E-state index contributed by atoms with van der Waals surface area (Å²) in [5.74, 6) is -0.822. The molecule has 2 amide bonds. The van der Waals surface area contributed by atoms with Crippen LogP contribution in [0.2, 0.25) is 0 Å². The van der Waals surface area contributed by atoms with Gasteiger partial charge in [0.15, 0.2) is 0 Å². The number of sulfonamides is 1. The van der Waals surface area contributed by atoms with Crippen LogP contribution in [0.3, 0.4) is 0 Å². The molecule has 0 aliphatic rings. The smallest absolute Gasteiger partial charge is 0.264 e. The first kappa shape index (κ1) is 28.6. The van der Waals surface area contributed by atoms with E-state index in [4.69, 9.17) is 0 Å². The van der Waals surface area contributed by atoms with Crippen molar-refractivity contribution in [2.75, 3.05) is 17.9 Å². The van der Waals surface area contributed by atoms with Crippen LogP contribution >= 0.6 is 0 Å². The molecule has 1 N–H and O–H groups in total. The third kappa shape index (κ3) is 6.76. The van der Waals surface area contributed by atoms with E-state index in [1.807, 2.05) is 66.7 Å². The Morgan fingerprint density at radius 1 is 0.750 bits per heavy atom. The summed E-state index contributed by atoms with van der Waals surface area (Å²) < 4.78 is 29.0. The van der Waals surface area contributed by atoms with Gasteiger partial charge < -0.3 is 10.2 Å². The zero-order valence-electron chi connectivity index (χ0n) is 22.6. The standard InChI is InChI=1S/C32H33N3O4S/c1-25-14-12-13-21-29(25)35(40(38,39)28-19-10-5-11-20-28)24-31(36)34(23-27-17-8-4-9-18-27)30(32(37)33-2)22-26-15-6-3-7-16-26/h3-21,30H,22-24H2,1-2H3,(H,33,37)/t30-/m0/s1. The summed E-state index contributed by atoms with van der Waals surface area (Å²) in [6.45, 7) is 1.46. The Bertz CT molecular complexity index is 1530. The van der Waals surface area contributed by atoms with Crippen LogP contribution in [0.25, 0.3) is 0 Å². The highest BCUT2D eigenvalue weighted by molar-refractivity contribution is 7.92. The second kappa shape index (κ2) is 13.1. The van der Waals surface area contributed by atoms with E-state index in [1.54, 1.807) is 43.3 Å². The number of nitrogens with one attached hydrogen (secondary N) is 1. The number of carbonyl (C=O) groups is 2. The minimum absolute atomic E-state index is 0.0767. The minimum atomic E-state index is -4.10. The van der Waals surface area contributed by atoms with Crippen molar-refractivity contribution in [3.05, 3.63) is 132 Å². The number of carbonyl (C=O) groups excluding carboxylic acids is 2. The van der Waals surface area contributed by atoms with Crippen LogP contribution < -0.4 is 9.62 Å². The number of likely N-dealkylation sites (N-methyl/N-ethyl adjacent to an activating group) is 1. The molecule has 0 bridgehead atoms. The van der Waals surface area contributed by atoms with Crippen molar-refractivity contribution in [1.29, 1.82) is 0 Å². The monoisotopic (exact) mass is 555 g/mol. The van der Waals surface area contributed by atoms with Gasteiger partial charge in [0, 0.05) is 20.0 Å². The molecule has 0 spiro atoms. The Morgan fingerprint density at radius 3 is 1.85 bits per heavy atom. The van der Waals surface area contributed by atoms with Gasteiger partial charge in [0.05, 0.1) is 10.6 Å². The number of anilines is 1. The molecule has 7 nitrogen and oxygen atoms in total. The average molecular weight is 556 g/mol. The number of nitrogens with zero attached hydrogens (tertiary/aromatic N) is 2. The van der Waals surface area contributed by atoms with Gasteiger partial charge in [0.2, 0.25) is 11.8 Å². The van der Waals surface area contributed by atoms with Crippen molar-refractivity contribution < 1.29 is 18.0 Å². The summed E-state index contributed by atoms with van der Waals surface area (Å²) >= 11 is 0. The van der Waals surface area contributed by atoms with Gasteiger partial charge in [0.25, 0.3) is 10.0 Å². The van der Waals surface area contributed by atoms with Gasteiger partial charge in [-0.2, -0.15) is 0 Å². The SMILES string of the molecule is CNC(=O)[C@H](Cc1ccccc1)N(Cc1ccccc1)C(=O)CN(c1ccccc1C)S(=O)(=O)c1ccccc1. The van der Waals surface area contributed by atoms with Crippen LogP contribution in [0.15, 0.2) is 120 Å². The molecule has 0 heterocycles. The number of rotatable bonds is 11. The molecular formula is C32H33N3O4S.